The van der Waals surface area contributed by atoms with Crippen molar-refractivity contribution in [2.45, 2.75) is 65.1 Å². The van der Waals surface area contributed by atoms with Gasteiger partial charge in [-0.3, -0.25) is 9.80 Å². The van der Waals surface area contributed by atoms with Gasteiger partial charge < -0.3 is 9.64 Å². The van der Waals surface area contributed by atoms with Crippen LogP contribution in [0.3, 0.4) is 0 Å². The van der Waals surface area contributed by atoms with Crippen molar-refractivity contribution in [2.75, 3.05) is 22.9 Å². The first kappa shape index (κ1) is 24.2. The van der Waals surface area contributed by atoms with Crippen LogP contribution in [0.2, 0.25) is 5.28 Å². The maximum atomic E-state index is 14.8. The van der Waals surface area contributed by atoms with E-state index in [-0.39, 0.29) is 35.7 Å². The molecule has 0 bridgehead atoms. The van der Waals surface area contributed by atoms with Crippen LogP contribution in [0.4, 0.5) is 25.5 Å². The average Bonchev–Trinajstić information content (AvgIpc) is 2.99. The molecule has 2 aromatic rings. The standard InChI is InChI=1S/C24H29ClFN5O3/c1-15-7-5-9-18(26)19(15)30-14-16-13-27-21(25)28-20(16)31(22(30)32)17-8-6-11-29(12-10-17)23(33)34-24(2,3)4/h5,7,9,13,17H,6,8,10-12,14H2,1-4H3/t17-/m0/s1. The fourth-order valence-corrected chi connectivity index (χ4v) is 4.60. The number of aromatic nitrogens is 2. The van der Waals surface area contributed by atoms with Crippen LogP contribution in [0.15, 0.2) is 24.4 Å². The van der Waals surface area contributed by atoms with Crippen molar-refractivity contribution in [3.05, 3.63) is 46.6 Å². The Morgan fingerprint density at radius 1 is 1.24 bits per heavy atom. The number of hydrogen-bond acceptors (Lipinski definition) is 5. The van der Waals surface area contributed by atoms with Crippen molar-refractivity contribution in [1.82, 2.24) is 14.9 Å². The van der Waals surface area contributed by atoms with Crippen LogP contribution < -0.4 is 9.80 Å². The van der Waals surface area contributed by atoms with E-state index in [1.54, 1.807) is 35.1 Å². The molecule has 182 valence electrons. The first-order valence-corrected chi connectivity index (χ1v) is 11.8. The number of ether oxygens (including phenoxy) is 1. The van der Waals surface area contributed by atoms with E-state index >= 15 is 0 Å². The van der Waals surface area contributed by atoms with E-state index in [0.717, 1.165) is 0 Å². The van der Waals surface area contributed by atoms with Gasteiger partial charge in [0.15, 0.2) is 0 Å². The Kier molecular flexibility index (Phi) is 6.66. The van der Waals surface area contributed by atoms with Crippen LogP contribution in [0, 0.1) is 12.7 Å². The Balaban J connectivity index is 1.65. The van der Waals surface area contributed by atoms with Crippen LogP contribution in [-0.4, -0.2) is 51.7 Å². The molecule has 1 aromatic carbocycles. The summed E-state index contributed by atoms with van der Waals surface area (Å²) < 4.78 is 20.4. The number of para-hydroxylation sites is 1. The fourth-order valence-electron chi connectivity index (χ4n) is 4.47. The highest BCUT2D eigenvalue weighted by atomic mass is 35.5. The molecule has 8 nitrogen and oxygen atoms in total. The normalized spacial score (nSPS) is 19.1. The highest BCUT2D eigenvalue weighted by Crippen LogP contribution is 2.36. The molecule has 1 fully saturated rings. The summed E-state index contributed by atoms with van der Waals surface area (Å²) >= 11 is 6.09. The molecule has 0 unspecified atom stereocenters. The van der Waals surface area contributed by atoms with E-state index in [2.05, 4.69) is 9.97 Å². The third-order valence-electron chi connectivity index (χ3n) is 5.98. The number of halogens is 2. The summed E-state index contributed by atoms with van der Waals surface area (Å²) in [7, 11) is 0. The molecule has 1 atom stereocenters. The predicted molar refractivity (Wildman–Crippen MR) is 128 cm³/mol. The molecule has 0 aliphatic carbocycles. The molecule has 1 saturated heterocycles. The zero-order valence-corrected chi connectivity index (χ0v) is 20.6. The number of carbonyl (C=O) groups excluding carboxylic acids is 2. The summed E-state index contributed by atoms with van der Waals surface area (Å²) in [6, 6.07) is 4.12. The minimum Gasteiger partial charge on any atom is -0.444 e. The van der Waals surface area contributed by atoms with Gasteiger partial charge in [0.05, 0.1) is 12.2 Å². The Bertz CT molecular complexity index is 1090. The van der Waals surface area contributed by atoms with Gasteiger partial charge in [0.2, 0.25) is 5.28 Å². The van der Waals surface area contributed by atoms with Crippen LogP contribution in [0.25, 0.3) is 0 Å². The molecule has 3 amide bonds. The lowest BCUT2D eigenvalue weighted by molar-refractivity contribution is 0.0256. The van der Waals surface area contributed by atoms with Crippen molar-refractivity contribution in [2.24, 2.45) is 0 Å². The zero-order chi connectivity index (χ0) is 24.6. The van der Waals surface area contributed by atoms with E-state index < -0.39 is 11.4 Å². The Hall–Kier alpha value is -2.94. The second-order valence-corrected chi connectivity index (χ2v) is 10.0. The topological polar surface area (TPSA) is 78.9 Å². The predicted octanol–water partition coefficient (Wildman–Crippen LogP) is 5.31. The number of fused-ring (bicyclic) bond motifs is 1. The third-order valence-corrected chi connectivity index (χ3v) is 6.16. The quantitative estimate of drug-likeness (QED) is 0.534. The Labute approximate surface area is 203 Å². The number of benzene rings is 1. The van der Waals surface area contributed by atoms with Crippen molar-refractivity contribution < 1.29 is 18.7 Å². The lowest BCUT2D eigenvalue weighted by Gasteiger charge is -2.40. The van der Waals surface area contributed by atoms with Gasteiger partial charge in [-0.25, -0.2) is 19.0 Å². The SMILES string of the molecule is Cc1cccc(F)c1N1Cc2cnc(Cl)nc2N([C@H]2CCCN(C(=O)OC(C)(C)C)CC2)C1=O. The zero-order valence-electron chi connectivity index (χ0n) is 19.8. The molecular weight excluding hydrogens is 461 g/mol. The van der Waals surface area contributed by atoms with Crippen molar-refractivity contribution in [1.29, 1.82) is 0 Å². The Morgan fingerprint density at radius 2 is 2.00 bits per heavy atom. The number of amides is 3. The highest BCUT2D eigenvalue weighted by Gasteiger charge is 2.39. The number of anilines is 2. The van der Waals surface area contributed by atoms with E-state index in [4.69, 9.17) is 16.3 Å². The van der Waals surface area contributed by atoms with Gasteiger partial charge in [0, 0.05) is 30.9 Å². The largest absolute Gasteiger partial charge is 0.444 e. The van der Waals surface area contributed by atoms with E-state index in [1.165, 1.54) is 11.0 Å². The third kappa shape index (κ3) is 4.94. The van der Waals surface area contributed by atoms with Gasteiger partial charge in [-0.05, 0) is 70.2 Å². The fraction of sp³-hybridized carbons (Fsp3) is 0.500. The smallest absolute Gasteiger partial charge is 0.410 e. The second kappa shape index (κ2) is 9.37. The van der Waals surface area contributed by atoms with Crippen LogP contribution in [-0.2, 0) is 11.3 Å². The summed E-state index contributed by atoms with van der Waals surface area (Å²) in [5.74, 6) is -0.0328. The van der Waals surface area contributed by atoms with Crippen LogP contribution in [0.1, 0.15) is 51.2 Å². The van der Waals surface area contributed by atoms with E-state index in [9.17, 15) is 14.0 Å². The van der Waals surface area contributed by atoms with Gasteiger partial charge in [-0.1, -0.05) is 12.1 Å². The van der Waals surface area contributed by atoms with Gasteiger partial charge in [-0.15, -0.1) is 0 Å². The molecule has 2 aliphatic rings. The average molecular weight is 490 g/mol. The van der Waals surface area contributed by atoms with Crippen LogP contribution >= 0.6 is 11.6 Å². The molecule has 34 heavy (non-hydrogen) atoms. The number of urea groups is 1. The molecule has 1 aromatic heterocycles. The summed E-state index contributed by atoms with van der Waals surface area (Å²) in [5, 5.41) is 0.0380. The van der Waals surface area contributed by atoms with E-state index in [1.807, 2.05) is 20.8 Å². The number of carbonyl (C=O) groups is 2. The molecule has 0 radical (unpaired) electrons. The number of likely N-dealkylation sites (tertiary alicyclic amines) is 1. The maximum Gasteiger partial charge on any atom is 0.410 e. The second-order valence-electron chi connectivity index (χ2n) is 9.68. The summed E-state index contributed by atoms with van der Waals surface area (Å²) in [4.78, 5) is 39.5. The van der Waals surface area contributed by atoms with Gasteiger partial charge in [0.1, 0.15) is 17.2 Å². The number of rotatable bonds is 2. The molecule has 2 aliphatic heterocycles. The molecule has 0 spiro atoms. The van der Waals surface area contributed by atoms with Gasteiger partial charge in [-0.2, -0.15) is 4.98 Å². The lowest BCUT2D eigenvalue weighted by atomic mass is 10.0. The number of nitrogens with zero attached hydrogens (tertiary/aromatic N) is 5. The molecule has 10 heteroatoms. The van der Waals surface area contributed by atoms with Gasteiger partial charge in [0.25, 0.3) is 0 Å². The highest BCUT2D eigenvalue weighted by molar-refractivity contribution is 6.28. The molecular formula is C24H29ClFN5O3. The molecule has 0 N–H and O–H groups in total. The van der Waals surface area contributed by atoms with Gasteiger partial charge >= 0.3 is 12.1 Å². The minimum atomic E-state index is -0.587. The first-order valence-electron chi connectivity index (χ1n) is 11.4. The summed E-state index contributed by atoms with van der Waals surface area (Å²) in [6.45, 7) is 8.36. The van der Waals surface area contributed by atoms with Crippen LogP contribution in [0.5, 0.6) is 0 Å². The number of aryl methyl sites for hydroxylation is 1. The van der Waals surface area contributed by atoms with Crippen molar-refractivity contribution >= 4 is 35.2 Å². The van der Waals surface area contributed by atoms with E-state index in [0.29, 0.717) is 49.3 Å². The number of hydrogen-bond donors (Lipinski definition) is 0. The summed E-state index contributed by atoms with van der Waals surface area (Å²) in [5.41, 5.74) is 0.988. The minimum absolute atomic E-state index is 0.0380. The molecule has 0 saturated carbocycles. The lowest BCUT2D eigenvalue weighted by Crippen LogP contribution is -2.53. The monoisotopic (exact) mass is 489 g/mol. The molecule has 4 rings (SSSR count). The Morgan fingerprint density at radius 3 is 2.71 bits per heavy atom. The maximum absolute atomic E-state index is 14.8. The molecule has 3 heterocycles. The van der Waals surface area contributed by atoms with Crippen molar-refractivity contribution in [3.63, 3.8) is 0 Å². The first-order chi connectivity index (χ1) is 16.0. The summed E-state index contributed by atoms with van der Waals surface area (Å²) in [6.07, 6.45) is 3.07. The van der Waals surface area contributed by atoms with Crippen molar-refractivity contribution in [3.8, 4) is 0 Å².